The summed E-state index contributed by atoms with van der Waals surface area (Å²) in [5.41, 5.74) is 5.57. The Morgan fingerprint density at radius 3 is 2.30 bits per heavy atom. The van der Waals surface area contributed by atoms with Crippen molar-refractivity contribution in [3.8, 4) is 17.2 Å². The quantitative estimate of drug-likeness (QED) is 0.862. The van der Waals surface area contributed by atoms with Gasteiger partial charge in [-0.05, 0) is 12.1 Å². The van der Waals surface area contributed by atoms with Crippen LogP contribution in [0.25, 0.3) is 0 Å². The van der Waals surface area contributed by atoms with Crippen LogP contribution in [-0.4, -0.2) is 50.8 Å². The summed E-state index contributed by atoms with van der Waals surface area (Å²) < 4.78 is 16.8. The molecule has 0 saturated carbocycles. The zero-order valence-electron chi connectivity index (χ0n) is 14.1. The van der Waals surface area contributed by atoms with Crippen molar-refractivity contribution >= 4 is 5.91 Å². The van der Waals surface area contributed by atoms with Crippen molar-refractivity contribution < 1.29 is 19.0 Å². The van der Waals surface area contributed by atoms with E-state index in [1.165, 1.54) is 0 Å². The molecule has 1 unspecified atom stereocenters. The van der Waals surface area contributed by atoms with Crippen LogP contribution in [0.3, 0.4) is 0 Å². The summed E-state index contributed by atoms with van der Waals surface area (Å²) >= 11 is 0. The summed E-state index contributed by atoms with van der Waals surface area (Å²) in [6.45, 7) is 3.62. The van der Waals surface area contributed by atoms with Gasteiger partial charge < -0.3 is 24.8 Å². The summed E-state index contributed by atoms with van der Waals surface area (Å²) in [6.07, 6.45) is 1.60. The standard InChI is InChI=1S/C17H26N2O4/c1-12(11-18)17(20)19-9-7-13(8-10-19)23-16-14(21-2)5-4-6-15(16)22-3/h4-6,12-13H,7-11,18H2,1-3H3. The number of nitrogens with zero attached hydrogens (tertiary/aromatic N) is 1. The maximum atomic E-state index is 12.2. The van der Waals surface area contributed by atoms with E-state index < -0.39 is 0 Å². The smallest absolute Gasteiger partial charge is 0.226 e. The molecule has 1 aromatic rings. The Morgan fingerprint density at radius 1 is 1.26 bits per heavy atom. The van der Waals surface area contributed by atoms with Gasteiger partial charge in [-0.1, -0.05) is 13.0 Å². The number of benzene rings is 1. The van der Waals surface area contributed by atoms with Crippen molar-refractivity contribution in [3.63, 3.8) is 0 Å². The largest absolute Gasteiger partial charge is 0.493 e. The zero-order chi connectivity index (χ0) is 16.8. The van der Waals surface area contributed by atoms with Crippen LogP contribution in [0.4, 0.5) is 0 Å². The van der Waals surface area contributed by atoms with Crippen molar-refractivity contribution in [3.05, 3.63) is 18.2 Å². The Hall–Kier alpha value is -1.95. The topological polar surface area (TPSA) is 74.0 Å². The summed E-state index contributed by atoms with van der Waals surface area (Å²) in [5, 5.41) is 0. The molecule has 1 aliphatic heterocycles. The van der Waals surface area contributed by atoms with E-state index in [4.69, 9.17) is 19.9 Å². The molecule has 23 heavy (non-hydrogen) atoms. The van der Waals surface area contributed by atoms with Crippen LogP contribution in [0.5, 0.6) is 17.2 Å². The number of piperidine rings is 1. The van der Waals surface area contributed by atoms with E-state index in [1.54, 1.807) is 14.2 Å². The summed E-state index contributed by atoms with van der Waals surface area (Å²) in [5.74, 6) is 1.93. The number of methoxy groups -OCH3 is 2. The molecule has 1 saturated heterocycles. The molecular weight excluding hydrogens is 296 g/mol. The lowest BCUT2D eigenvalue weighted by Gasteiger charge is -2.34. The minimum absolute atomic E-state index is 0.0393. The SMILES string of the molecule is COc1cccc(OC)c1OC1CCN(C(=O)C(C)CN)CC1. The monoisotopic (exact) mass is 322 g/mol. The maximum absolute atomic E-state index is 12.2. The van der Waals surface area contributed by atoms with Crippen molar-refractivity contribution in [2.45, 2.75) is 25.9 Å². The molecule has 0 radical (unpaired) electrons. The third kappa shape index (κ3) is 4.07. The Labute approximate surface area is 137 Å². The van der Waals surface area contributed by atoms with Gasteiger partial charge in [0.05, 0.1) is 14.2 Å². The van der Waals surface area contributed by atoms with E-state index in [2.05, 4.69) is 0 Å². The Kier molecular flexibility index (Phi) is 6.10. The maximum Gasteiger partial charge on any atom is 0.226 e. The van der Waals surface area contributed by atoms with Crippen LogP contribution in [-0.2, 0) is 4.79 Å². The fraction of sp³-hybridized carbons (Fsp3) is 0.588. The number of nitrogens with two attached hydrogens (primary N) is 1. The first-order valence-electron chi connectivity index (χ1n) is 7.97. The van der Waals surface area contributed by atoms with E-state index in [0.29, 0.717) is 36.9 Å². The third-order valence-corrected chi connectivity index (χ3v) is 4.20. The predicted molar refractivity (Wildman–Crippen MR) is 88.0 cm³/mol. The van der Waals surface area contributed by atoms with Crippen LogP contribution in [0, 0.1) is 5.92 Å². The second-order valence-corrected chi connectivity index (χ2v) is 5.77. The van der Waals surface area contributed by atoms with Crippen LogP contribution in [0.15, 0.2) is 18.2 Å². The number of amides is 1. The number of likely N-dealkylation sites (tertiary alicyclic amines) is 1. The van der Waals surface area contributed by atoms with Gasteiger partial charge in [-0.2, -0.15) is 0 Å². The van der Waals surface area contributed by atoms with Gasteiger partial charge in [0.1, 0.15) is 6.10 Å². The molecular formula is C17H26N2O4. The zero-order valence-corrected chi connectivity index (χ0v) is 14.1. The summed E-state index contributed by atoms with van der Waals surface area (Å²) in [6, 6.07) is 5.55. The lowest BCUT2D eigenvalue weighted by atomic mass is 10.0. The molecule has 1 aliphatic rings. The first kappa shape index (κ1) is 17.4. The molecule has 6 heteroatoms. The molecule has 0 aromatic heterocycles. The molecule has 1 amide bonds. The minimum atomic E-state index is -0.123. The number of carbonyl (C=O) groups is 1. The fourth-order valence-electron chi connectivity index (χ4n) is 2.71. The summed E-state index contributed by atoms with van der Waals surface area (Å²) in [7, 11) is 3.22. The van der Waals surface area contributed by atoms with Gasteiger partial charge in [0, 0.05) is 38.4 Å². The molecule has 1 heterocycles. The number of para-hydroxylation sites is 1. The van der Waals surface area contributed by atoms with Crippen molar-refractivity contribution in [2.24, 2.45) is 11.7 Å². The van der Waals surface area contributed by atoms with Crippen LogP contribution >= 0.6 is 0 Å². The second kappa shape index (κ2) is 8.06. The van der Waals surface area contributed by atoms with Crippen LogP contribution in [0.1, 0.15) is 19.8 Å². The highest BCUT2D eigenvalue weighted by Crippen LogP contribution is 2.38. The molecule has 2 N–H and O–H groups in total. The molecule has 0 spiro atoms. The van der Waals surface area contributed by atoms with Gasteiger partial charge >= 0.3 is 0 Å². The molecule has 128 valence electrons. The van der Waals surface area contributed by atoms with E-state index in [9.17, 15) is 4.79 Å². The van der Waals surface area contributed by atoms with Crippen molar-refractivity contribution in [1.82, 2.24) is 4.90 Å². The highest BCUT2D eigenvalue weighted by Gasteiger charge is 2.27. The van der Waals surface area contributed by atoms with E-state index in [-0.39, 0.29) is 17.9 Å². The minimum Gasteiger partial charge on any atom is -0.493 e. The molecule has 0 aliphatic carbocycles. The van der Waals surface area contributed by atoms with Gasteiger partial charge in [-0.15, -0.1) is 0 Å². The number of hydrogen-bond donors (Lipinski definition) is 1. The first-order chi connectivity index (χ1) is 11.1. The third-order valence-electron chi connectivity index (χ3n) is 4.20. The average Bonchev–Trinajstić information content (AvgIpc) is 2.61. The molecule has 1 atom stereocenters. The lowest BCUT2D eigenvalue weighted by Crippen LogP contribution is -2.45. The number of carbonyl (C=O) groups excluding carboxylic acids is 1. The van der Waals surface area contributed by atoms with E-state index in [0.717, 1.165) is 12.8 Å². The molecule has 0 bridgehead atoms. The molecule has 6 nitrogen and oxygen atoms in total. The Balaban J connectivity index is 1.98. The first-order valence-corrected chi connectivity index (χ1v) is 7.97. The van der Waals surface area contributed by atoms with Gasteiger partial charge in [0.25, 0.3) is 0 Å². The highest BCUT2D eigenvalue weighted by atomic mass is 16.5. The molecule has 2 rings (SSSR count). The van der Waals surface area contributed by atoms with Gasteiger partial charge in [0.15, 0.2) is 11.5 Å². The molecule has 1 aromatic carbocycles. The average molecular weight is 322 g/mol. The van der Waals surface area contributed by atoms with Gasteiger partial charge in [-0.25, -0.2) is 0 Å². The van der Waals surface area contributed by atoms with Gasteiger partial charge in [-0.3, -0.25) is 4.79 Å². The number of hydrogen-bond acceptors (Lipinski definition) is 5. The normalized spacial score (nSPS) is 16.8. The number of rotatable bonds is 6. The molecule has 1 fully saturated rings. The number of ether oxygens (including phenoxy) is 3. The van der Waals surface area contributed by atoms with Crippen molar-refractivity contribution in [2.75, 3.05) is 33.9 Å². The van der Waals surface area contributed by atoms with E-state index in [1.807, 2.05) is 30.0 Å². The highest BCUT2D eigenvalue weighted by molar-refractivity contribution is 5.78. The second-order valence-electron chi connectivity index (χ2n) is 5.77. The lowest BCUT2D eigenvalue weighted by molar-refractivity contribution is -0.136. The van der Waals surface area contributed by atoms with Gasteiger partial charge in [0.2, 0.25) is 11.7 Å². The van der Waals surface area contributed by atoms with Crippen LogP contribution in [0.2, 0.25) is 0 Å². The summed E-state index contributed by atoms with van der Waals surface area (Å²) in [4.78, 5) is 14.0. The predicted octanol–water partition coefficient (Wildman–Crippen LogP) is 1.67. The Bertz CT molecular complexity index is 505. The Morgan fingerprint density at radius 2 is 1.83 bits per heavy atom. The fourth-order valence-corrected chi connectivity index (χ4v) is 2.71. The van der Waals surface area contributed by atoms with E-state index >= 15 is 0 Å². The van der Waals surface area contributed by atoms with Crippen molar-refractivity contribution in [1.29, 1.82) is 0 Å². The van der Waals surface area contributed by atoms with Crippen LogP contribution < -0.4 is 19.9 Å².